The van der Waals surface area contributed by atoms with Crippen molar-refractivity contribution in [3.8, 4) is 0 Å². The van der Waals surface area contributed by atoms with Gasteiger partial charge in [0.1, 0.15) is 0 Å². The van der Waals surface area contributed by atoms with E-state index in [0.29, 0.717) is 12.5 Å². The second-order valence-electron chi connectivity index (χ2n) is 4.10. The summed E-state index contributed by atoms with van der Waals surface area (Å²) in [6.07, 6.45) is 4.44. The lowest BCUT2D eigenvalue weighted by molar-refractivity contribution is -0.119. The highest BCUT2D eigenvalue weighted by molar-refractivity contribution is 8.00. The van der Waals surface area contributed by atoms with E-state index in [4.69, 9.17) is 0 Å². The van der Waals surface area contributed by atoms with Crippen LogP contribution in [0.4, 0.5) is 0 Å². The minimum atomic E-state index is 0.215. The predicted octanol–water partition coefficient (Wildman–Crippen LogP) is 0.750. The summed E-state index contributed by atoms with van der Waals surface area (Å²) in [6.45, 7) is 2.06. The van der Waals surface area contributed by atoms with Gasteiger partial charge >= 0.3 is 0 Å². The summed E-state index contributed by atoms with van der Waals surface area (Å²) in [4.78, 5) is 10.9. The summed E-state index contributed by atoms with van der Waals surface area (Å²) < 4.78 is 0. The molecule has 0 aromatic carbocycles. The van der Waals surface area contributed by atoms with Crippen LogP contribution in [0.3, 0.4) is 0 Å². The first kappa shape index (κ1) is 10.3. The fourth-order valence-corrected chi connectivity index (χ4v) is 3.29. The van der Waals surface area contributed by atoms with Crippen LogP contribution in [0.5, 0.6) is 0 Å². The first-order chi connectivity index (χ1) is 6.84. The summed E-state index contributed by atoms with van der Waals surface area (Å²) in [6, 6.07) is 0.383. The van der Waals surface area contributed by atoms with E-state index in [1.807, 2.05) is 0 Å². The Kier molecular flexibility index (Phi) is 3.70. The average molecular weight is 214 g/mol. The highest BCUT2D eigenvalue weighted by atomic mass is 32.2. The largest absolute Gasteiger partial charge is 0.352 e. The predicted molar refractivity (Wildman–Crippen MR) is 59.5 cm³/mol. The molecule has 2 atom stereocenters. The second-order valence-corrected chi connectivity index (χ2v) is 5.50. The first-order valence-electron chi connectivity index (χ1n) is 5.46. The molecule has 2 saturated heterocycles. The highest BCUT2D eigenvalue weighted by Crippen LogP contribution is 2.25. The van der Waals surface area contributed by atoms with Crippen LogP contribution < -0.4 is 10.6 Å². The van der Waals surface area contributed by atoms with Crippen molar-refractivity contribution in [3.05, 3.63) is 0 Å². The number of hydrogen-bond donors (Lipinski definition) is 2. The van der Waals surface area contributed by atoms with E-state index in [1.165, 1.54) is 18.6 Å². The molecule has 2 N–H and O–H groups in total. The smallest absolute Gasteiger partial charge is 0.220 e. The molecule has 1 amide bonds. The van der Waals surface area contributed by atoms with Gasteiger partial charge in [-0.05, 0) is 25.0 Å². The summed E-state index contributed by atoms with van der Waals surface area (Å²) in [5, 5.41) is 7.24. The molecule has 2 fully saturated rings. The topological polar surface area (TPSA) is 41.1 Å². The van der Waals surface area contributed by atoms with E-state index in [9.17, 15) is 4.79 Å². The Morgan fingerprint density at radius 1 is 1.43 bits per heavy atom. The molecule has 0 radical (unpaired) electrons. The van der Waals surface area contributed by atoms with Gasteiger partial charge < -0.3 is 10.6 Å². The zero-order valence-corrected chi connectivity index (χ0v) is 9.24. The molecule has 0 aromatic rings. The van der Waals surface area contributed by atoms with Crippen LogP contribution in [0.2, 0.25) is 0 Å². The van der Waals surface area contributed by atoms with Crippen LogP contribution >= 0.6 is 11.8 Å². The summed E-state index contributed by atoms with van der Waals surface area (Å²) in [5.41, 5.74) is 0. The molecule has 2 heterocycles. The number of rotatable bonds is 4. The van der Waals surface area contributed by atoms with E-state index in [-0.39, 0.29) is 5.91 Å². The zero-order chi connectivity index (χ0) is 9.80. The quantitative estimate of drug-likeness (QED) is 0.725. The van der Waals surface area contributed by atoms with Gasteiger partial charge in [0.15, 0.2) is 0 Å². The van der Waals surface area contributed by atoms with Gasteiger partial charge in [-0.2, -0.15) is 11.8 Å². The van der Waals surface area contributed by atoms with Gasteiger partial charge in [-0.15, -0.1) is 0 Å². The van der Waals surface area contributed by atoms with Gasteiger partial charge in [-0.3, -0.25) is 4.79 Å². The van der Waals surface area contributed by atoms with Gasteiger partial charge in [-0.25, -0.2) is 0 Å². The zero-order valence-electron chi connectivity index (χ0n) is 8.42. The molecule has 0 aliphatic carbocycles. The van der Waals surface area contributed by atoms with Crippen molar-refractivity contribution < 1.29 is 4.79 Å². The number of carbonyl (C=O) groups is 1. The Balaban J connectivity index is 1.56. The summed E-state index contributed by atoms with van der Waals surface area (Å²) >= 11 is 2.08. The van der Waals surface area contributed by atoms with Crippen molar-refractivity contribution in [1.29, 1.82) is 0 Å². The van der Waals surface area contributed by atoms with Gasteiger partial charge in [0, 0.05) is 30.8 Å². The highest BCUT2D eigenvalue weighted by Gasteiger charge is 2.21. The Labute approximate surface area is 89.4 Å². The third kappa shape index (κ3) is 2.89. The first-order valence-corrected chi connectivity index (χ1v) is 6.51. The fraction of sp³-hybridized carbons (Fsp3) is 0.900. The molecule has 0 saturated carbocycles. The fourth-order valence-electron chi connectivity index (χ4n) is 2.05. The molecule has 0 spiro atoms. The molecule has 80 valence electrons. The normalized spacial score (nSPS) is 32.1. The maximum absolute atomic E-state index is 10.9. The van der Waals surface area contributed by atoms with Crippen molar-refractivity contribution in [3.63, 3.8) is 0 Å². The SMILES string of the molecule is O=C1CCC(CNCC2CCCS2)N1. The lowest BCUT2D eigenvalue weighted by atomic mass is 10.2. The number of thioether (sulfide) groups is 1. The Bertz CT molecular complexity index is 204. The maximum atomic E-state index is 10.9. The molecule has 4 heteroatoms. The molecular formula is C10H18N2OS. The van der Waals surface area contributed by atoms with Crippen LogP contribution in [0.1, 0.15) is 25.7 Å². The van der Waals surface area contributed by atoms with Crippen molar-refractivity contribution >= 4 is 17.7 Å². The van der Waals surface area contributed by atoms with Gasteiger partial charge in [0.05, 0.1) is 0 Å². The molecule has 0 aromatic heterocycles. The molecule has 14 heavy (non-hydrogen) atoms. The Morgan fingerprint density at radius 3 is 3.00 bits per heavy atom. The number of amides is 1. The monoisotopic (exact) mass is 214 g/mol. The molecule has 2 rings (SSSR count). The van der Waals surface area contributed by atoms with Crippen LogP contribution in [0.15, 0.2) is 0 Å². The minimum absolute atomic E-state index is 0.215. The number of hydrogen-bond acceptors (Lipinski definition) is 3. The Hall–Kier alpha value is -0.220. The summed E-state index contributed by atoms with van der Waals surface area (Å²) in [5.74, 6) is 1.54. The third-order valence-electron chi connectivity index (χ3n) is 2.87. The van der Waals surface area contributed by atoms with Crippen LogP contribution in [0.25, 0.3) is 0 Å². The molecule has 2 unspecified atom stereocenters. The van der Waals surface area contributed by atoms with Crippen LogP contribution in [-0.4, -0.2) is 36.0 Å². The van der Waals surface area contributed by atoms with E-state index in [1.54, 1.807) is 0 Å². The lowest BCUT2D eigenvalue weighted by Gasteiger charge is -2.13. The molecule has 2 aliphatic rings. The van der Waals surface area contributed by atoms with Crippen molar-refractivity contribution in [2.75, 3.05) is 18.8 Å². The van der Waals surface area contributed by atoms with E-state index >= 15 is 0 Å². The van der Waals surface area contributed by atoms with Crippen LogP contribution in [-0.2, 0) is 4.79 Å². The molecule has 2 aliphatic heterocycles. The number of carbonyl (C=O) groups excluding carboxylic acids is 1. The van der Waals surface area contributed by atoms with E-state index in [0.717, 1.165) is 24.8 Å². The maximum Gasteiger partial charge on any atom is 0.220 e. The van der Waals surface area contributed by atoms with E-state index < -0.39 is 0 Å². The third-order valence-corrected chi connectivity index (χ3v) is 4.27. The molecule has 0 bridgehead atoms. The average Bonchev–Trinajstić information content (AvgIpc) is 2.77. The van der Waals surface area contributed by atoms with Crippen molar-refractivity contribution in [2.24, 2.45) is 0 Å². The lowest BCUT2D eigenvalue weighted by Crippen LogP contribution is -2.37. The molecular weight excluding hydrogens is 196 g/mol. The standard InChI is InChI=1S/C10H18N2OS/c13-10-4-3-8(12-10)6-11-7-9-2-1-5-14-9/h8-9,11H,1-7H2,(H,12,13). The van der Waals surface area contributed by atoms with Crippen LogP contribution in [0, 0.1) is 0 Å². The van der Waals surface area contributed by atoms with Gasteiger partial charge in [0.25, 0.3) is 0 Å². The Morgan fingerprint density at radius 2 is 2.36 bits per heavy atom. The number of nitrogens with one attached hydrogen (secondary N) is 2. The molecule has 3 nitrogen and oxygen atoms in total. The minimum Gasteiger partial charge on any atom is -0.352 e. The van der Waals surface area contributed by atoms with Gasteiger partial charge in [-0.1, -0.05) is 0 Å². The van der Waals surface area contributed by atoms with Gasteiger partial charge in [0.2, 0.25) is 5.91 Å². The van der Waals surface area contributed by atoms with Crippen molar-refractivity contribution in [2.45, 2.75) is 37.0 Å². The second kappa shape index (κ2) is 5.03. The van der Waals surface area contributed by atoms with Crippen molar-refractivity contribution in [1.82, 2.24) is 10.6 Å². The summed E-state index contributed by atoms with van der Waals surface area (Å²) in [7, 11) is 0. The van der Waals surface area contributed by atoms with E-state index in [2.05, 4.69) is 22.4 Å².